The van der Waals surface area contributed by atoms with Gasteiger partial charge in [0, 0.05) is 44.1 Å². The molecule has 5 rings (SSSR count). The lowest BCUT2D eigenvalue weighted by atomic mass is 10.2. The molecule has 0 bridgehead atoms. The summed E-state index contributed by atoms with van der Waals surface area (Å²) in [5.41, 5.74) is 3.83. The van der Waals surface area contributed by atoms with Gasteiger partial charge in [0.25, 0.3) is 5.91 Å². The van der Waals surface area contributed by atoms with Crippen molar-refractivity contribution >= 4 is 33.6 Å². The van der Waals surface area contributed by atoms with E-state index in [1.807, 2.05) is 23.1 Å². The van der Waals surface area contributed by atoms with Crippen LogP contribution >= 0.6 is 11.3 Å². The molecule has 0 unspecified atom stereocenters. The Morgan fingerprint density at radius 2 is 1.67 bits per heavy atom. The molecule has 0 saturated carbocycles. The van der Waals surface area contributed by atoms with Crippen LogP contribution in [0.15, 0.2) is 60.7 Å². The van der Waals surface area contributed by atoms with Crippen molar-refractivity contribution in [2.24, 2.45) is 0 Å². The monoisotopic (exact) mass is 419 g/mol. The van der Waals surface area contributed by atoms with E-state index in [4.69, 9.17) is 4.74 Å². The van der Waals surface area contributed by atoms with Crippen LogP contribution < -0.4 is 14.5 Å². The normalized spacial score (nSPS) is 16.0. The Balaban J connectivity index is 1.23. The van der Waals surface area contributed by atoms with E-state index in [-0.39, 0.29) is 5.91 Å². The molecule has 1 amide bonds. The van der Waals surface area contributed by atoms with Gasteiger partial charge in [0.2, 0.25) is 0 Å². The molecule has 0 spiro atoms. The SMILES string of the molecule is COc1ccc(N2CCN(C(=O)c3ccc(N4CCc5ccccc54)s3)CC2)cc1. The van der Waals surface area contributed by atoms with Gasteiger partial charge in [-0.3, -0.25) is 4.79 Å². The molecule has 5 nitrogen and oxygen atoms in total. The Morgan fingerprint density at radius 3 is 2.43 bits per heavy atom. The molecule has 2 aliphatic heterocycles. The summed E-state index contributed by atoms with van der Waals surface area (Å²) in [5.74, 6) is 1.01. The summed E-state index contributed by atoms with van der Waals surface area (Å²) in [4.78, 5) is 20.5. The van der Waals surface area contributed by atoms with Crippen molar-refractivity contribution in [3.63, 3.8) is 0 Å². The number of para-hydroxylation sites is 1. The average molecular weight is 420 g/mol. The van der Waals surface area contributed by atoms with Crippen LogP contribution in [-0.2, 0) is 6.42 Å². The highest BCUT2D eigenvalue weighted by atomic mass is 32.1. The number of ether oxygens (including phenoxy) is 1. The summed E-state index contributed by atoms with van der Waals surface area (Å²) in [6, 6.07) is 20.7. The van der Waals surface area contributed by atoms with Gasteiger partial charge in [0.05, 0.1) is 17.0 Å². The lowest BCUT2D eigenvalue weighted by Gasteiger charge is -2.36. The highest BCUT2D eigenvalue weighted by Gasteiger charge is 2.26. The van der Waals surface area contributed by atoms with Crippen molar-refractivity contribution in [2.45, 2.75) is 6.42 Å². The second kappa shape index (κ2) is 8.03. The maximum atomic E-state index is 13.1. The van der Waals surface area contributed by atoms with Crippen molar-refractivity contribution in [3.05, 3.63) is 71.1 Å². The van der Waals surface area contributed by atoms with Crippen LogP contribution in [0.4, 0.5) is 16.4 Å². The standard InChI is InChI=1S/C24H25N3O2S/c1-29-20-8-6-19(7-9-20)25-14-16-26(17-15-25)24(28)22-10-11-23(30-22)27-13-12-18-4-2-3-5-21(18)27/h2-11H,12-17H2,1H3. The molecule has 0 aliphatic carbocycles. The lowest BCUT2D eigenvalue weighted by Crippen LogP contribution is -2.48. The highest BCUT2D eigenvalue weighted by molar-refractivity contribution is 7.18. The number of piperazine rings is 1. The Morgan fingerprint density at radius 1 is 0.900 bits per heavy atom. The largest absolute Gasteiger partial charge is 0.497 e. The second-order valence-corrected chi connectivity index (χ2v) is 8.71. The first kappa shape index (κ1) is 19.0. The number of methoxy groups -OCH3 is 1. The molecule has 6 heteroatoms. The Hall–Kier alpha value is -2.99. The summed E-state index contributed by atoms with van der Waals surface area (Å²) in [6.07, 6.45) is 1.06. The van der Waals surface area contributed by atoms with Crippen LogP contribution in [0.2, 0.25) is 0 Å². The number of hydrogen-bond acceptors (Lipinski definition) is 5. The number of thiophene rings is 1. The third-order valence-electron chi connectivity index (χ3n) is 5.96. The number of carbonyl (C=O) groups excluding carboxylic acids is 1. The van der Waals surface area contributed by atoms with Gasteiger partial charge in [-0.15, -0.1) is 11.3 Å². The topological polar surface area (TPSA) is 36.0 Å². The van der Waals surface area contributed by atoms with Crippen LogP contribution in [0.3, 0.4) is 0 Å². The number of hydrogen-bond donors (Lipinski definition) is 0. The zero-order valence-corrected chi connectivity index (χ0v) is 17.9. The van der Waals surface area contributed by atoms with E-state index in [2.05, 4.69) is 52.3 Å². The molecule has 0 atom stereocenters. The summed E-state index contributed by atoms with van der Waals surface area (Å²) >= 11 is 1.60. The van der Waals surface area contributed by atoms with E-state index in [1.54, 1.807) is 18.4 Å². The second-order valence-electron chi connectivity index (χ2n) is 7.65. The summed E-state index contributed by atoms with van der Waals surface area (Å²) in [5, 5.41) is 1.15. The summed E-state index contributed by atoms with van der Waals surface area (Å²) in [7, 11) is 1.68. The van der Waals surface area contributed by atoms with Gasteiger partial charge in [0.1, 0.15) is 5.75 Å². The molecule has 30 heavy (non-hydrogen) atoms. The minimum atomic E-state index is 0.146. The third-order valence-corrected chi connectivity index (χ3v) is 7.06. The van der Waals surface area contributed by atoms with Gasteiger partial charge >= 0.3 is 0 Å². The maximum Gasteiger partial charge on any atom is 0.264 e. The summed E-state index contributed by atoms with van der Waals surface area (Å²) < 4.78 is 5.24. The van der Waals surface area contributed by atoms with E-state index < -0.39 is 0 Å². The molecule has 154 valence electrons. The van der Waals surface area contributed by atoms with Crippen molar-refractivity contribution in [2.75, 3.05) is 49.6 Å². The molecule has 0 radical (unpaired) electrons. The molecule has 1 saturated heterocycles. The van der Waals surface area contributed by atoms with Crippen molar-refractivity contribution < 1.29 is 9.53 Å². The Labute approximate surface area is 181 Å². The van der Waals surface area contributed by atoms with Gasteiger partial charge in [-0.2, -0.15) is 0 Å². The Bertz CT molecular complexity index is 1040. The minimum Gasteiger partial charge on any atom is -0.497 e. The molecule has 1 aromatic heterocycles. The number of amides is 1. The summed E-state index contributed by atoms with van der Waals surface area (Å²) in [6.45, 7) is 4.15. The first-order valence-corrected chi connectivity index (χ1v) is 11.2. The minimum absolute atomic E-state index is 0.146. The van der Waals surface area contributed by atoms with E-state index in [0.717, 1.165) is 54.8 Å². The fourth-order valence-electron chi connectivity index (χ4n) is 4.27. The molecule has 2 aliphatic rings. The van der Waals surface area contributed by atoms with E-state index >= 15 is 0 Å². The molecular formula is C24H25N3O2S. The quantitative estimate of drug-likeness (QED) is 0.628. The molecule has 3 heterocycles. The number of fused-ring (bicyclic) bond motifs is 1. The predicted octanol–water partition coefficient (Wildman–Crippen LogP) is 4.41. The molecule has 3 aromatic rings. The van der Waals surface area contributed by atoms with Crippen LogP contribution in [-0.4, -0.2) is 50.6 Å². The van der Waals surface area contributed by atoms with Crippen LogP contribution in [0.25, 0.3) is 0 Å². The van der Waals surface area contributed by atoms with Crippen molar-refractivity contribution in [1.29, 1.82) is 0 Å². The van der Waals surface area contributed by atoms with Gasteiger partial charge in [0.15, 0.2) is 0 Å². The highest BCUT2D eigenvalue weighted by Crippen LogP contribution is 2.38. The molecular weight excluding hydrogens is 394 g/mol. The number of nitrogens with zero attached hydrogens (tertiary/aromatic N) is 3. The van der Waals surface area contributed by atoms with E-state index in [1.165, 1.54) is 16.9 Å². The number of anilines is 3. The van der Waals surface area contributed by atoms with Crippen LogP contribution in [0.1, 0.15) is 15.2 Å². The number of rotatable bonds is 4. The molecule has 1 fully saturated rings. The van der Waals surface area contributed by atoms with E-state index in [0.29, 0.717) is 0 Å². The third kappa shape index (κ3) is 3.52. The average Bonchev–Trinajstić information content (AvgIpc) is 3.46. The van der Waals surface area contributed by atoms with Crippen LogP contribution in [0.5, 0.6) is 5.75 Å². The van der Waals surface area contributed by atoms with Gasteiger partial charge in [-0.05, 0) is 54.4 Å². The zero-order chi connectivity index (χ0) is 20.5. The lowest BCUT2D eigenvalue weighted by molar-refractivity contribution is 0.0751. The van der Waals surface area contributed by atoms with Crippen LogP contribution in [0, 0.1) is 0 Å². The van der Waals surface area contributed by atoms with Gasteiger partial charge in [-0.1, -0.05) is 18.2 Å². The molecule has 2 aromatic carbocycles. The van der Waals surface area contributed by atoms with Gasteiger partial charge < -0.3 is 19.4 Å². The van der Waals surface area contributed by atoms with Crippen molar-refractivity contribution in [3.8, 4) is 5.75 Å². The fourth-order valence-corrected chi connectivity index (χ4v) is 5.29. The predicted molar refractivity (Wildman–Crippen MR) is 123 cm³/mol. The first-order chi connectivity index (χ1) is 14.7. The first-order valence-electron chi connectivity index (χ1n) is 10.4. The smallest absolute Gasteiger partial charge is 0.264 e. The fraction of sp³-hybridized carbons (Fsp3) is 0.292. The zero-order valence-electron chi connectivity index (χ0n) is 17.1. The van der Waals surface area contributed by atoms with Gasteiger partial charge in [-0.25, -0.2) is 0 Å². The molecule has 0 N–H and O–H groups in total. The Kier molecular flexibility index (Phi) is 5.09. The maximum absolute atomic E-state index is 13.1. The number of benzene rings is 2. The van der Waals surface area contributed by atoms with E-state index in [9.17, 15) is 4.79 Å². The van der Waals surface area contributed by atoms with Crippen molar-refractivity contribution in [1.82, 2.24) is 4.90 Å². The number of carbonyl (C=O) groups is 1.